The number of nitrogens with one attached hydrogen (secondary N) is 1. The Bertz CT molecular complexity index is 803. The Kier molecular flexibility index (Phi) is 6.90. The predicted molar refractivity (Wildman–Crippen MR) is 112 cm³/mol. The molecule has 162 valence electrons. The van der Waals surface area contributed by atoms with Crippen LogP contribution in [0.5, 0.6) is 0 Å². The summed E-state index contributed by atoms with van der Waals surface area (Å²) in [5.74, 6) is -1.32. The summed E-state index contributed by atoms with van der Waals surface area (Å²) in [4.78, 5) is 50.8. The van der Waals surface area contributed by atoms with E-state index in [1.807, 2.05) is 19.1 Å². The number of hydrogen-bond acceptors (Lipinski definition) is 5. The van der Waals surface area contributed by atoms with E-state index >= 15 is 0 Å². The number of fused-ring (bicyclic) bond motifs is 2. The van der Waals surface area contributed by atoms with Gasteiger partial charge < -0.3 is 15.0 Å². The van der Waals surface area contributed by atoms with Gasteiger partial charge in [0.2, 0.25) is 5.91 Å². The van der Waals surface area contributed by atoms with Crippen LogP contribution in [0, 0.1) is 24.7 Å². The lowest BCUT2D eigenvalue weighted by atomic mass is 9.67. The molecule has 0 aliphatic heterocycles. The van der Waals surface area contributed by atoms with Crippen LogP contribution in [0.15, 0.2) is 24.3 Å². The van der Waals surface area contributed by atoms with E-state index in [0.29, 0.717) is 18.5 Å². The molecule has 2 aliphatic rings. The van der Waals surface area contributed by atoms with Crippen molar-refractivity contribution < 1.29 is 23.9 Å². The first-order valence-corrected chi connectivity index (χ1v) is 10.6. The summed E-state index contributed by atoms with van der Waals surface area (Å²) in [5, 5.41) is 2.74. The highest BCUT2D eigenvalue weighted by molar-refractivity contribution is 5.95. The highest BCUT2D eigenvalue weighted by Crippen LogP contribution is 2.40. The molecule has 2 fully saturated rings. The van der Waals surface area contributed by atoms with E-state index in [4.69, 9.17) is 4.74 Å². The summed E-state index contributed by atoms with van der Waals surface area (Å²) >= 11 is 0. The average Bonchev–Trinajstić information content (AvgIpc) is 2.68. The van der Waals surface area contributed by atoms with Crippen molar-refractivity contribution in [2.45, 2.75) is 52.1 Å². The Labute approximate surface area is 177 Å². The number of anilines is 1. The van der Waals surface area contributed by atoms with E-state index in [-0.39, 0.29) is 36.0 Å². The Morgan fingerprint density at radius 2 is 1.73 bits per heavy atom. The van der Waals surface area contributed by atoms with Gasteiger partial charge in [-0.15, -0.1) is 0 Å². The molecule has 1 N–H and O–H groups in total. The van der Waals surface area contributed by atoms with Crippen molar-refractivity contribution in [1.82, 2.24) is 4.90 Å². The van der Waals surface area contributed by atoms with Gasteiger partial charge in [-0.3, -0.25) is 19.2 Å². The number of nitrogens with zero attached hydrogens (tertiary/aromatic N) is 1. The number of carbonyl (C=O) groups excluding carboxylic acids is 4. The summed E-state index contributed by atoms with van der Waals surface area (Å²) in [6, 6.07) is 7.37. The minimum atomic E-state index is -0.979. The van der Waals surface area contributed by atoms with Gasteiger partial charge in [0.05, 0.1) is 12.5 Å². The molecule has 0 radical (unpaired) electrons. The minimum Gasteiger partial charge on any atom is -0.452 e. The summed E-state index contributed by atoms with van der Waals surface area (Å²) in [6.45, 7) is 3.33. The first kappa shape index (κ1) is 22.0. The number of hydrogen-bond donors (Lipinski definition) is 1. The number of ketones is 1. The van der Waals surface area contributed by atoms with Gasteiger partial charge in [-0.1, -0.05) is 24.1 Å². The molecule has 0 aromatic heterocycles. The number of Topliss-reactive ketones (excluding diaryl/α,β-unsaturated/α-hetero) is 1. The van der Waals surface area contributed by atoms with Gasteiger partial charge in [0.25, 0.3) is 5.91 Å². The first-order chi connectivity index (χ1) is 14.2. The van der Waals surface area contributed by atoms with E-state index in [2.05, 4.69) is 5.32 Å². The molecule has 0 heterocycles. The van der Waals surface area contributed by atoms with Gasteiger partial charge in [-0.25, -0.2) is 0 Å². The van der Waals surface area contributed by atoms with Crippen LogP contribution in [0.2, 0.25) is 0 Å². The predicted octanol–water partition coefficient (Wildman–Crippen LogP) is 2.72. The van der Waals surface area contributed by atoms with E-state index in [9.17, 15) is 19.2 Å². The summed E-state index contributed by atoms with van der Waals surface area (Å²) in [5.41, 5.74) is 1.74. The van der Waals surface area contributed by atoms with Crippen molar-refractivity contribution in [2.75, 3.05) is 18.9 Å². The number of likely N-dealkylation sites (N-methyl/N-ethyl adjacent to an activating group) is 1. The average molecular weight is 415 g/mol. The highest BCUT2D eigenvalue weighted by Gasteiger charge is 2.42. The molecule has 2 bridgehead atoms. The molecular formula is C23H30N2O5. The van der Waals surface area contributed by atoms with Crippen molar-refractivity contribution in [3.8, 4) is 0 Å². The molecule has 2 aliphatic carbocycles. The van der Waals surface area contributed by atoms with Crippen molar-refractivity contribution in [1.29, 1.82) is 0 Å². The van der Waals surface area contributed by atoms with Crippen LogP contribution in [0.3, 0.4) is 0 Å². The molecular weight excluding hydrogens is 384 g/mol. The third-order valence-corrected chi connectivity index (χ3v) is 6.11. The quantitative estimate of drug-likeness (QED) is 0.723. The van der Waals surface area contributed by atoms with Gasteiger partial charge in [0, 0.05) is 24.6 Å². The molecule has 1 aromatic rings. The van der Waals surface area contributed by atoms with E-state index < -0.39 is 18.0 Å². The third-order valence-electron chi connectivity index (χ3n) is 6.11. The standard InChI is InChI=1S/C23H30N2O5/c1-14-7-9-19(10-8-14)24-20(26)13-25(3)22(28)15(2)30-23(29)18-11-16-5-4-6-17(12-18)21(16)27/h7-10,15-18H,4-6,11-13H2,1-3H3,(H,24,26). The molecule has 0 saturated heterocycles. The topological polar surface area (TPSA) is 92.8 Å². The number of benzene rings is 1. The zero-order chi connectivity index (χ0) is 21.8. The molecule has 7 nitrogen and oxygen atoms in total. The van der Waals surface area contributed by atoms with Crippen LogP contribution in [-0.2, 0) is 23.9 Å². The number of amides is 2. The zero-order valence-corrected chi connectivity index (χ0v) is 17.8. The van der Waals surface area contributed by atoms with E-state index in [1.165, 1.54) is 18.9 Å². The van der Waals surface area contributed by atoms with Crippen molar-refractivity contribution in [2.24, 2.45) is 17.8 Å². The fraction of sp³-hybridized carbons (Fsp3) is 0.565. The molecule has 1 aromatic carbocycles. The van der Waals surface area contributed by atoms with E-state index in [0.717, 1.165) is 24.8 Å². The Hall–Kier alpha value is -2.70. The van der Waals surface area contributed by atoms with Crippen molar-refractivity contribution in [3.05, 3.63) is 29.8 Å². The number of esters is 1. The van der Waals surface area contributed by atoms with Crippen LogP contribution in [-0.4, -0.2) is 48.2 Å². The van der Waals surface area contributed by atoms with Crippen LogP contribution < -0.4 is 5.32 Å². The smallest absolute Gasteiger partial charge is 0.309 e. The largest absolute Gasteiger partial charge is 0.452 e. The van der Waals surface area contributed by atoms with Crippen LogP contribution in [0.25, 0.3) is 0 Å². The second kappa shape index (κ2) is 9.41. The van der Waals surface area contributed by atoms with Gasteiger partial charge in [-0.05, 0) is 51.7 Å². The van der Waals surface area contributed by atoms with Crippen LogP contribution >= 0.6 is 0 Å². The Morgan fingerprint density at radius 3 is 2.33 bits per heavy atom. The van der Waals surface area contributed by atoms with Gasteiger partial charge in [-0.2, -0.15) is 0 Å². The Morgan fingerprint density at radius 1 is 1.13 bits per heavy atom. The minimum absolute atomic E-state index is 0.0470. The number of carbonyl (C=O) groups is 4. The maximum absolute atomic E-state index is 12.6. The molecule has 2 amide bonds. The third kappa shape index (κ3) is 5.26. The summed E-state index contributed by atoms with van der Waals surface area (Å²) in [6.07, 6.45) is 2.77. The molecule has 2 saturated carbocycles. The van der Waals surface area contributed by atoms with E-state index in [1.54, 1.807) is 12.1 Å². The number of rotatable bonds is 6. The second-order valence-electron chi connectivity index (χ2n) is 8.58. The zero-order valence-electron chi connectivity index (χ0n) is 17.8. The number of ether oxygens (including phenoxy) is 1. The van der Waals surface area contributed by atoms with Crippen molar-refractivity contribution >= 4 is 29.3 Å². The lowest BCUT2D eigenvalue weighted by molar-refractivity contribution is -0.165. The lowest BCUT2D eigenvalue weighted by Gasteiger charge is -2.36. The lowest BCUT2D eigenvalue weighted by Crippen LogP contribution is -2.44. The number of aryl methyl sites for hydroxylation is 1. The molecule has 30 heavy (non-hydrogen) atoms. The Balaban J connectivity index is 1.48. The first-order valence-electron chi connectivity index (χ1n) is 10.6. The molecule has 7 heteroatoms. The van der Waals surface area contributed by atoms with Gasteiger partial charge >= 0.3 is 5.97 Å². The monoisotopic (exact) mass is 414 g/mol. The summed E-state index contributed by atoms with van der Waals surface area (Å²) < 4.78 is 5.41. The van der Waals surface area contributed by atoms with Crippen LogP contribution in [0.1, 0.15) is 44.6 Å². The molecule has 3 atom stereocenters. The molecule has 3 unspecified atom stereocenters. The van der Waals surface area contributed by atoms with Crippen LogP contribution in [0.4, 0.5) is 5.69 Å². The highest BCUT2D eigenvalue weighted by atomic mass is 16.5. The summed E-state index contributed by atoms with van der Waals surface area (Å²) in [7, 11) is 1.51. The fourth-order valence-corrected chi connectivity index (χ4v) is 4.43. The second-order valence-corrected chi connectivity index (χ2v) is 8.58. The van der Waals surface area contributed by atoms with Crippen molar-refractivity contribution in [3.63, 3.8) is 0 Å². The maximum Gasteiger partial charge on any atom is 0.309 e. The maximum atomic E-state index is 12.6. The normalized spacial score (nSPS) is 24.0. The van der Waals surface area contributed by atoms with Gasteiger partial charge in [0.15, 0.2) is 6.10 Å². The molecule has 0 spiro atoms. The SMILES string of the molecule is Cc1ccc(NC(=O)CN(C)C(=O)C(C)OC(=O)C2CC3CCCC(C2)C3=O)cc1. The fourth-order valence-electron chi connectivity index (χ4n) is 4.43. The molecule has 3 rings (SSSR count). The van der Waals surface area contributed by atoms with Gasteiger partial charge in [0.1, 0.15) is 5.78 Å².